The van der Waals surface area contributed by atoms with Crippen LogP contribution in [0.25, 0.3) is 0 Å². The van der Waals surface area contributed by atoms with Crippen LogP contribution in [0.2, 0.25) is 0 Å². The number of carbonyl (C=O) groups is 3. The first-order chi connectivity index (χ1) is 9.50. The summed E-state index contributed by atoms with van der Waals surface area (Å²) in [5, 5.41) is 11.8. The molecule has 1 saturated heterocycles. The lowest BCUT2D eigenvalue weighted by atomic mass is 9.95. The molecule has 6 heteroatoms. The summed E-state index contributed by atoms with van der Waals surface area (Å²) in [7, 11) is 0. The molecule has 1 saturated carbocycles. The first kappa shape index (κ1) is 14.8. The Morgan fingerprint density at radius 1 is 1.10 bits per heavy atom. The van der Waals surface area contributed by atoms with Crippen molar-refractivity contribution in [3.63, 3.8) is 0 Å². The van der Waals surface area contributed by atoms with Crippen LogP contribution in [0, 0.1) is 11.8 Å². The molecule has 1 unspecified atom stereocenters. The van der Waals surface area contributed by atoms with Gasteiger partial charge in [-0.2, -0.15) is 0 Å². The van der Waals surface area contributed by atoms with Gasteiger partial charge in [0.25, 0.3) is 0 Å². The summed E-state index contributed by atoms with van der Waals surface area (Å²) in [6, 6.07) is -0.573. The SMILES string of the molecule is CC(NC(=O)[C@@H]1CCC[C@@H]1C(=O)O)C(=O)N1CCCC1. The summed E-state index contributed by atoms with van der Waals surface area (Å²) in [5.74, 6) is -2.39. The zero-order valence-electron chi connectivity index (χ0n) is 11.8. The molecule has 2 aliphatic rings. The largest absolute Gasteiger partial charge is 0.481 e. The number of aliphatic carboxylic acids is 1. The second-order valence-corrected chi connectivity index (χ2v) is 5.74. The van der Waals surface area contributed by atoms with Crippen LogP contribution in [0.5, 0.6) is 0 Å². The van der Waals surface area contributed by atoms with Crippen LogP contribution < -0.4 is 5.32 Å². The zero-order chi connectivity index (χ0) is 14.7. The van der Waals surface area contributed by atoms with E-state index in [0.717, 1.165) is 32.4 Å². The summed E-state index contributed by atoms with van der Waals surface area (Å²) in [5.41, 5.74) is 0. The van der Waals surface area contributed by atoms with Crippen LogP contribution in [0.3, 0.4) is 0 Å². The summed E-state index contributed by atoms with van der Waals surface area (Å²) < 4.78 is 0. The van der Waals surface area contributed by atoms with Crippen LogP contribution in [-0.2, 0) is 14.4 Å². The number of likely N-dealkylation sites (tertiary alicyclic amines) is 1. The van der Waals surface area contributed by atoms with Gasteiger partial charge in [0, 0.05) is 13.1 Å². The number of nitrogens with one attached hydrogen (secondary N) is 1. The molecule has 0 aromatic heterocycles. The Kier molecular flexibility index (Phi) is 4.62. The fourth-order valence-electron chi connectivity index (χ4n) is 3.16. The van der Waals surface area contributed by atoms with Crippen LogP contribution in [0.1, 0.15) is 39.0 Å². The highest BCUT2D eigenvalue weighted by Gasteiger charge is 2.38. The molecular weight excluding hydrogens is 260 g/mol. The molecule has 1 heterocycles. The highest BCUT2D eigenvalue weighted by molar-refractivity contribution is 5.90. The molecule has 2 N–H and O–H groups in total. The van der Waals surface area contributed by atoms with E-state index in [9.17, 15) is 14.4 Å². The Labute approximate surface area is 118 Å². The van der Waals surface area contributed by atoms with E-state index in [1.54, 1.807) is 11.8 Å². The third kappa shape index (κ3) is 3.11. The predicted octanol–water partition coefficient (Wildman–Crippen LogP) is 0.614. The molecule has 0 radical (unpaired) electrons. The van der Waals surface area contributed by atoms with E-state index < -0.39 is 23.8 Å². The van der Waals surface area contributed by atoms with E-state index in [0.29, 0.717) is 12.8 Å². The average Bonchev–Trinajstić information content (AvgIpc) is 3.08. The number of hydrogen-bond acceptors (Lipinski definition) is 3. The lowest BCUT2D eigenvalue weighted by Crippen LogP contribution is -2.48. The van der Waals surface area contributed by atoms with Gasteiger partial charge in [-0.1, -0.05) is 6.42 Å². The molecule has 2 amide bonds. The third-order valence-electron chi connectivity index (χ3n) is 4.32. The first-order valence-corrected chi connectivity index (χ1v) is 7.32. The van der Waals surface area contributed by atoms with Gasteiger partial charge in [-0.3, -0.25) is 14.4 Å². The molecule has 20 heavy (non-hydrogen) atoms. The number of carbonyl (C=O) groups excluding carboxylic acids is 2. The van der Waals surface area contributed by atoms with Crippen molar-refractivity contribution in [2.24, 2.45) is 11.8 Å². The quantitative estimate of drug-likeness (QED) is 0.791. The lowest BCUT2D eigenvalue weighted by molar-refractivity contribution is -0.146. The van der Waals surface area contributed by atoms with E-state index in [1.165, 1.54) is 0 Å². The highest BCUT2D eigenvalue weighted by atomic mass is 16.4. The van der Waals surface area contributed by atoms with Crippen LogP contribution in [0.15, 0.2) is 0 Å². The summed E-state index contributed by atoms with van der Waals surface area (Å²) in [4.78, 5) is 37.1. The zero-order valence-corrected chi connectivity index (χ0v) is 11.8. The molecule has 2 fully saturated rings. The van der Waals surface area contributed by atoms with Crippen molar-refractivity contribution in [3.8, 4) is 0 Å². The molecule has 0 spiro atoms. The van der Waals surface area contributed by atoms with E-state index in [-0.39, 0.29) is 11.8 Å². The molecule has 6 nitrogen and oxygen atoms in total. The number of nitrogens with zero attached hydrogens (tertiary/aromatic N) is 1. The summed E-state index contributed by atoms with van der Waals surface area (Å²) in [6.07, 6.45) is 3.91. The van der Waals surface area contributed by atoms with Crippen molar-refractivity contribution >= 4 is 17.8 Å². The molecule has 0 aromatic rings. The Bertz CT molecular complexity index is 404. The van der Waals surface area contributed by atoms with Gasteiger partial charge in [0.2, 0.25) is 11.8 Å². The first-order valence-electron chi connectivity index (χ1n) is 7.32. The van der Waals surface area contributed by atoms with Gasteiger partial charge in [0.05, 0.1) is 11.8 Å². The predicted molar refractivity (Wildman–Crippen MR) is 71.9 cm³/mol. The van der Waals surface area contributed by atoms with Crippen LogP contribution >= 0.6 is 0 Å². The van der Waals surface area contributed by atoms with Crippen molar-refractivity contribution in [2.75, 3.05) is 13.1 Å². The molecule has 2 rings (SSSR count). The number of amides is 2. The Morgan fingerprint density at radius 2 is 1.70 bits per heavy atom. The van der Waals surface area contributed by atoms with Crippen molar-refractivity contribution < 1.29 is 19.5 Å². The Morgan fingerprint density at radius 3 is 2.30 bits per heavy atom. The van der Waals surface area contributed by atoms with Crippen LogP contribution in [-0.4, -0.2) is 46.9 Å². The highest BCUT2D eigenvalue weighted by Crippen LogP contribution is 2.32. The number of rotatable bonds is 4. The molecule has 0 aromatic carbocycles. The normalized spacial score (nSPS) is 27.4. The van der Waals surface area contributed by atoms with Crippen LogP contribution in [0.4, 0.5) is 0 Å². The molecular formula is C14H22N2O4. The molecule has 0 bridgehead atoms. The van der Waals surface area contributed by atoms with Crippen molar-refractivity contribution in [2.45, 2.75) is 45.1 Å². The van der Waals surface area contributed by atoms with Gasteiger partial charge < -0.3 is 15.3 Å². The minimum Gasteiger partial charge on any atom is -0.481 e. The van der Waals surface area contributed by atoms with Gasteiger partial charge in [0.15, 0.2) is 0 Å². The standard InChI is InChI=1S/C14H22N2O4/c1-9(13(18)16-7-2-3-8-16)15-12(17)10-5-4-6-11(10)14(19)20/h9-11H,2-8H2,1H3,(H,15,17)(H,19,20)/t9?,10-,11+/m1/s1. The van der Waals surface area contributed by atoms with Crippen molar-refractivity contribution in [1.29, 1.82) is 0 Å². The fourth-order valence-corrected chi connectivity index (χ4v) is 3.16. The maximum Gasteiger partial charge on any atom is 0.307 e. The minimum absolute atomic E-state index is 0.0688. The van der Waals surface area contributed by atoms with Crippen molar-refractivity contribution in [3.05, 3.63) is 0 Å². The molecule has 1 aliphatic carbocycles. The molecule has 1 aliphatic heterocycles. The van der Waals surface area contributed by atoms with Gasteiger partial charge in [-0.05, 0) is 32.6 Å². The second-order valence-electron chi connectivity index (χ2n) is 5.74. The monoisotopic (exact) mass is 282 g/mol. The van der Waals surface area contributed by atoms with E-state index >= 15 is 0 Å². The number of carboxylic acid groups (broad SMARTS) is 1. The van der Waals surface area contributed by atoms with Gasteiger partial charge >= 0.3 is 5.97 Å². The van der Waals surface area contributed by atoms with Crippen molar-refractivity contribution in [1.82, 2.24) is 10.2 Å². The van der Waals surface area contributed by atoms with E-state index in [4.69, 9.17) is 5.11 Å². The summed E-state index contributed by atoms with van der Waals surface area (Å²) >= 11 is 0. The van der Waals surface area contributed by atoms with Gasteiger partial charge in [-0.25, -0.2) is 0 Å². The summed E-state index contributed by atoms with van der Waals surface area (Å²) in [6.45, 7) is 3.17. The van der Waals surface area contributed by atoms with E-state index in [1.807, 2.05) is 0 Å². The third-order valence-corrected chi connectivity index (χ3v) is 4.32. The smallest absolute Gasteiger partial charge is 0.307 e. The topological polar surface area (TPSA) is 86.7 Å². The molecule has 112 valence electrons. The maximum atomic E-state index is 12.1. The maximum absolute atomic E-state index is 12.1. The number of hydrogen-bond donors (Lipinski definition) is 2. The van der Waals surface area contributed by atoms with Gasteiger partial charge in [0.1, 0.15) is 6.04 Å². The second kappa shape index (κ2) is 6.24. The Balaban J connectivity index is 1.90. The Hall–Kier alpha value is -1.59. The van der Waals surface area contributed by atoms with E-state index in [2.05, 4.69) is 5.32 Å². The number of carboxylic acids is 1. The molecule has 3 atom stereocenters. The lowest BCUT2D eigenvalue weighted by Gasteiger charge is -2.23. The fraction of sp³-hybridized carbons (Fsp3) is 0.786. The minimum atomic E-state index is -0.916. The van der Waals surface area contributed by atoms with Gasteiger partial charge in [-0.15, -0.1) is 0 Å². The average molecular weight is 282 g/mol.